The SMILES string of the molecule is NCC1(C(=O)Cc2ccc(Cl)c(F)c2)CCCCC1. The van der Waals surface area contributed by atoms with Crippen molar-refractivity contribution >= 4 is 17.4 Å². The van der Waals surface area contributed by atoms with Crippen molar-refractivity contribution in [2.45, 2.75) is 38.5 Å². The molecule has 1 fully saturated rings. The van der Waals surface area contributed by atoms with Gasteiger partial charge in [-0.25, -0.2) is 4.39 Å². The van der Waals surface area contributed by atoms with Gasteiger partial charge in [0.05, 0.1) is 5.02 Å². The van der Waals surface area contributed by atoms with Gasteiger partial charge in [-0.3, -0.25) is 4.79 Å². The number of rotatable bonds is 4. The van der Waals surface area contributed by atoms with Gasteiger partial charge in [-0.15, -0.1) is 0 Å². The zero-order chi connectivity index (χ0) is 13.9. The second-order valence-electron chi connectivity index (χ2n) is 5.39. The van der Waals surface area contributed by atoms with Gasteiger partial charge < -0.3 is 5.73 Å². The number of hydrogen-bond donors (Lipinski definition) is 1. The number of halogens is 2. The van der Waals surface area contributed by atoms with Crippen molar-refractivity contribution < 1.29 is 9.18 Å². The van der Waals surface area contributed by atoms with E-state index in [2.05, 4.69) is 0 Å². The third kappa shape index (κ3) is 3.15. The van der Waals surface area contributed by atoms with E-state index < -0.39 is 11.2 Å². The fourth-order valence-corrected chi connectivity index (χ4v) is 2.97. The number of nitrogens with two attached hydrogens (primary N) is 1. The number of hydrogen-bond acceptors (Lipinski definition) is 2. The van der Waals surface area contributed by atoms with E-state index in [4.69, 9.17) is 17.3 Å². The summed E-state index contributed by atoms with van der Waals surface area (Å²) in [5, 5.41) is 0.0856. The van der Waals surface area contributed by atoms with E-state index in [1.807, 2.05) is 0 Å². The first-order valence-corrected chi connectivity index (χ1v) is 7.12. The van der Waals surface area contributed by atoms with E-state index in [-0.39, 0.29) is 17.2 Å². The molecule has 0 bridgehead atoms. The maximum Gasteiger partial charge on any atom is 0.144 e. The lowest BCUT2D eigenvalue weighted by atomic mass is 9.70. The standard InChI is InChI=1S/C15H19ClFNO/c16-12-5-4-11(8-13(12)17)9-14(19)15(10-18)6-2-1-3-7-15/h4-5,8H,1-3,6-7,9-10,18H2. The summed E-state index contributed by atoms with van der Waals surface area (Å²) in [7, 11) is 0. The second-order valence-corrected chi connectivity index (χ2v) is 5.80. The summed E-state index contributed by atoms with van der Waals surface area (Å²) in [5.41, 5.74) is 6.11. The summed E-state index contributed by atoms with van der Waals surface area (Å²) in [6.45, 7) is 0.391. The first-order chi connectivity index (χ1) is 9.07. The Balaban J connectivity index is 2.12. The maximum absolute atomic E-state index is 13.4. The maximum atomic E-state index is 13.4. The number of carbonyl (C=O) groups is 1. The normalized spacial score (nSPS) is 18.3. The van der Waals surface area contributed by atoms with E-state index in [1.165, 1.54) is 18.6 Å². The minimum absolute atomic E-state index is 0.0856. The van der Waals surface area contributed by atoms with Crippen molar-refractivity contribution in [2.24, 2.45) is 11.1 Å². The lowest BCUT2D eigenvalue weighted by molar-refractivity contribution is -0.129. The van der Waals surface area contributed by atoms with Crippen LogP contribution in [0.5, 0.6) is 0 Å². The van der Waals surface area contributed by atoms with Crippen LogP contribution in [0, 0.1) is 11.2 Å². The predicted octanol–water partition coefficient (Wildman–Crippen LogP) is 3.50. The molecule has 0 radical (unpaired) electrons. The summed E-state index contributed by atoms with van der Waals surface area (Å²) in [6.07, 6.45) is 5.24. The van der Waals surface area contributed by atoms with Gasteiger partial charge in [0, 0.05) is 18.4 Å². The Morgan fingerprint density at radius 3 is 2.58 bits per heavy atom. The summed E-state index contributed by atoms with van der Waals surface area (Å²) in [6, 6.07) is 4.54. The molecule has 0 unspecified atom stereocenters. The van der Waals surface area contributed by atoms with Crippen LogP contribution in [0.4, 0.5) is 4.39 Å². The molecule has 0 spiro atoms. The van der Waals surface area contributed by atoms with E-state index in [0.717, 1.165) is 25.7 Å². The Hall–Kier alpha value is -0.930. The average Bonchev–Trinajstić information content (AvgIpc) is 2.43. The largest absolute Gasteiger partial charge is 0.329 e. The zero-order valence-electron chi connectivity index (χ0n) is 10.9. The Morgan fingerprint density at radius 1 is 1.32 bits per heavy atom. The molecule has 1 aromatic carbocycles. The molecule has 1 aliphatic carbocycles. The molecule has 0 atom stereocenters. The molecule has 104 valence electrons. The molecular formula is C15H19ClFNO. The highest BCUT2D eigenvalue weighted by Crippen LogP contribution is 2.37. The molecule has 19 heavy (non-hydrogen) atoms. The van der Waals surface area contributed by atoms with Crippen LogP contribution in [-0.2, 0) is 11.2 Å². The van der Waals surface area contributed by atoms with Crippen LogP contribution in [0.2, 0.25) is 5.02 Å². The molecule has 1 aliphatic rings. The van der Waals surface area contributed by atoms with Gasteiger partial charge in [-0.05, 0) is 30.5 Å². The quantitative estimate of drug-likeness (QED) is 0.919. The number of Topliss-reactive ketones (excluding diaryl/α,β-unsaturated/α-hetero) is 1. The van der Waals surface area contributed by atoms with Crippen molar-refractivity contribution in [2.75, 3.05) is 6.54 Å². The Kier molecular flexibility index (Phi) is 4.58. The van der Waals surface area contributed by atoms with Crippen LogP contribution in [0.3, 0.4) is 0 Å². The Morgan fingerprint density at radius 2 is 2.00 bits per heavy atom. The Labute approximate surface area is 118 Å². The van der Waals surface area contributed by atoms with Crippen molar-refractivity contribution in [3.05, 3.63) is 34.6 Å². The zero-order valence-corrected chi connectivity index (χ0v) is 11.7. The van der Waals surface area contributed by atoms with Gasteiger partial charge in [0.15, 0.2) is 0 Å². The summed E-state index contributed by atoms with van der Waals surface area (Å²) in [5.74, 6) is -0.339. The molecule has 2 nitrogen and oxygen atoms in total. The van der Waals surface area contributed by atoms with Crippen LogP contribution in [0.1, 0.15) is 37.7 Å². The first-order valence-electron chi connectivity index (χ1n) is 6.75. The Bertz CT molecular complexity index is 469. The number of carbonyl (C=O) groups excluding carboxylic acids is 1. The van der Waals surface area contributed by atoms with Gasteiger partial charge >= 0.3 is 0 Å². The predicted molar refractivity (Wildman–Crippen MR) is 74.7 cm³/mol. The minimum Gasteiger partial charge on any atom is -0.329 e. The molecule has 2 rings (SSSR count). The van der Waals surface area contributed by atoms with Gasteiger partial charge in [0.2, 0.25) is 0 Å². The molecule has 0 aliphatic heterocycles. The average molecular weight is 284 g/mol. The van der Waals surface area contributed by atoms with Gasteiger partial charge in [0.25, 0.3) is 0 Å². The van der Waals surface area contributed by atoms with E-state index in [0.29, 0.717) is 12.1 Å². The molecule has 0 amide bonds. The summed E-state index contributed by atoms with van der Waals surface area (Å²) >= 11 is 5.64. The molecule has 0 saturated heterocycles. The van der Waals surface area contributed by atoms with Crippen LogP contribution in [0.25, 0.3) is 0 Å². The molecule has 2 N–H and O–H groups in total. The van der Waals surface area contributed by atoms with Crippen molar-refractivity contribution in [3.8, 4) is 0 Å². The first kappa shape index (κ1) is 14.5. The minimum atomic E-state index is -0.475. The number of ketones is 1. The third-order valence-corrected chi connectivity index (χ3v) is 4.45. The monoisotopic (exact) mass is 283 g/mol. The van der Waals surface area contributed by atoms with Gasteiger partial charge in [-0.1, -0.05) is 36.9 Å². The van der Waals surface area contributed by atoms with Crippen LogP contribution < -0.4 is 5.73 Å². The smallest absolute Gasteiger partial charge is 0.144 e. The molecule has 1 saturated carbocycles. The highest BCUT2D eigenvalue weighted by Gasteiger charge is 2.37. The lowest BCUT2D eigenvalue weighted by Gasteiger charge is -2.34. The molecule has 0 aromatic heterocycles. The van der Waals surface area contributed by atoms with Crippen LogP contribution in [0.15, 0.2) is 18.2 Å². The summed E-state index contributed by atoms with van der Waals surface area (Å²) in [4.78, 5) is 12.5. The highest BCUT2D eigenvalue weighted by atomic mass is 35.5. The molecule has 4 heteroatoms. The van der Waals surface area contributed by atoms with E-state index in [1.54, 1.807) is 6.07 Å². The summed E-state index contributed by atoms with van der Waals surface area (Å²) < 4.78 is 13.4. The topological polar surface area (TPSA) is 43.1 Å². The fourth-order valence-electron chi connectivity index (χ4n) is 2.85. The highest BCUT2D eigenvalue weighted by molar-refractivity contribution is 6.30. The van der Waals surface area contributed by atoms with Crippen LogP contribution >= 0.6 is 11.6 Å². The van der Waals surface area contributed by atoms with Crippen LogP contribution in [-0.4, -0.2) is 12.3 Å². The molecule has 0 heterocycles. The number of benzene rings is 1. The van der Waals surface area contributed by atoms with Gasteiger partial charge in [-0.2, -0.15) is 0 Å². The lowest BCUT2D eigenvalue weighted by Crippen LogP contribution is -2.41. The second kappa shape index (κ2) is 6.02. The van der Waals surface area contributed by atoms with Crippen molar-refractivity contribution in [1.29, 1.82) is 0 Å². The fraction of sp³-hybridized carbons (Fsp3) is 0.533. The van der Waals surface area contributed by atoms with E-state index in [9.17, 15) is 9.18 Å². The molecule has 1 aromatic rings. The van der Waals surface area contributed by atoms with Gasteiger partial charge in [0.1, 0.15) is 11.6 Å². The third-order valence-electron chi connectivity index (χ3n) is 4.14. The van der Waals surface area contributed by atoms with Crippen molar-refractivity contribution in [3.63, 3.8) is 0 Å². The van der Waals surface area contributed by atoms with E-state index >= 15 is 0 Å². The van der Waals surface area contributed by atoms with Crippen molar-refractivity contribution in [1.82, 2.24) is 0 Å². The molecular weight excluding hydrogens is 265 g/mol.